The van der Waals surface area contributed by atoms with Crippen molar-refractivity contribution < 1.29 is 19.2 Å². The van der Waals surface area contributed by atoms with Gasteiger partial charge in [-0.3, -0.25) is 19.2 Å². The maximum Gasteiger partial charge on any atom is 0.245 e. The van der Waals surface area contributed by atoms with Crippen LogP contribution in [-0.4, -0.2) is 84.8 Å². The minimum Gasteiger partial charge on any atom is -0.347 e. The number of nitrogens with zero attached hydrogens (tertiary/aromatic N) is 2. The lowest BCUT2D eigenvalue weighted by molar-refractivity contribution is -0.140. The van der Waals surface area contributed by atoms with Crippen LogP contribution in [0.3, 0.4) is 0 Å². The average Bonchev–Trinajstić information content (AvgIpc) is 3.33. The molecule has 2 rings (SSSR count). The second-order valence-electron chi connectivity index (χ2n) is 11.0. The highest BCUT2D eigenvalue weighted by Gasteiger charge is 2.40. The molecular weight excluding hydrogens is 470 g/mol. The zero-order valence-corrected chi connectivity index (χ0v) is 23.3. The van der Waals surface area contributed by atoms with Crippen molar-refractivity contribution in [1.82, 2.24) is 25.8 Å². The summed E-state index contributed by atoms with van der Waals surface area (Å²) in [6, 6.07) is 8.91. The molecule has 0 radical (unpaired) electrons. The maximum absolute atomic E-state index is 13.7. The molecule has 1 saturated heterocycles. The number of benzene rings is 1. The maximum atomic E-state index is 13.7. The summed E-state index contributed by atoms with van der Waals surface area (Å²) >= 11 is 0. The van der Waals surface area contributed by atoms with Crippen molar-refractivity contribution in [2.45, 2.75) is 78.4 Å². The number of amides is 4. The second kappa shape index (κ2) is 14.1. The molecule has 9 heteroatoms. The summed E-state index contributed by atoms with van der Waals surface area (Å²) in [5, 5.41) is 8.48. The van der Waals surface area contributed by atoms with Gasteiger partial charge in [0.1, 0.15) is 6.04 Å². The van der Waals surface area contributed by atoms with E-state index in [9.17, 15) is 19.2 Å². The van der Waals surface area contributed by atoms with Crippen LogP contribution in [0.25, 0.3) is 0 Å². The molecule has 1 aromatic rings. The third-order valence-electron chi connectivity index (χ3n) is 6.97. The molecule has 0 unspecified atom stereocenters. The molecule has 1 heterocycles. The fourth-order valence-electron chi connectivity index (χ4n) is 4.53. The number of nitrogens with one attached hydrogen (secondary N) is 3. The van der Waals surface area contributed by atoms with Gasteiger partial charge >= 0.3 is 0 Å². The van der Waals surface area contributed by atoms with E-state index in [-0.39, 0.29) is 36.2 Å². The largest absolute Gasteiger partial charge is 0.347 e. The summed E-state index contributed by atoms with van der Waals surface area (Å²) in [7, 11) is 1.71. The average molecular weight is 516 g/mol. The van der Waals surface area contributed by atoms with Crippen LogP contribution in [-0.2, 0) is 25.6 Å². The number of hydrogen-bond acceptors (Lipinski definition) is 5. The first-order valence-electron chi connectivity index (χ1n) is 13.3. The van der Waals surface area contributed by atoms with E-state index < -0.39 is 17.5 Å². The summed E-state index contributed by atoms with van der Waals surface area (Å²) in [6.07, 6.45) is 3.10. The fourth-order valence-corrected chi connectivity index (χ4v) is 4.53. The van der Waals surface area contributed by atoms with Crippen molar-refractivity contribution in [2.75, 3.05) is 33.2 Å². The molecule has 0 aliphatic carbocycles. The van der Waals surface area contributed by atoms with Gasteiger partial charge in [-0.15, -0.1) is 0 Å². The van der Waals surface area contributed by atoms with Crippen LogP contribution in [0.15, 0.2) is 30.3 Å². The first kappa shape index (κ1) is 30.3. The van der Waals surface area contributed by atoms with Crippen molar-refractivity contribution in [3.8, 4) is 0 Å². The van der Waals surface area contributed by atoms with Gasteiger partial charge in [-0.05, 0) is 50.6 Å². The molecule has 1 fully saturated rings. The van der Waals surface area contributed by atoms with Gasteiger partial charge in [0.25, 0.3) is 0 Å². The van der Waals surface area contributed by atoms with Crippen LogP contribution < -0.4 is 16.0 Å². The summed E-state index contributed by atoms with van der Waals surface area (Å²) in [6.45, 7) is 10.6. The van der Waals surface area contributed by atoms with Crippen molar-refractivity contribution in [1.29, 1.82) is 0 Å². The predicted octanol–water partition coefficient (Wildman–Crippen LogP) is 1.71. The Morgan fingerprint density at radius 1 is 1.11 bits per heavy atom. The molecule has 0 saturated carbocycles. The lowest BCUT2D eigenvalue weighted by Gasteiger charge is -2.36. The van der Waals surface area contributed by atoms with Crippen LogP contribution in [0.1, 0.15) is 59.4 Å². The van der Waals surface area contributed by atoms with Crippen LogP contribution in [0.5, 0.6) is 0 Å². The third-order valence-corrected chi connectivity index (χ3v) is 6.97. The summed E-state index contributed by atoms with van der Waals surface area (Å²) in [4.78, 5) is 54.2. The van der Waals surface area contributed by atoms with Gasteiger partial charge in [0.05, 0.1) is 12.6 Å². The van der Waals surface area contributed by atoms with E-state index in [1.807, 2.05) is 56.0 Å². The van der Waals surface area contributed by atoms with Crippen molar-refractivity contribution >= 4 is 23.6 Å². The SMILES string of the molecule is CN[C@@H](C)C(=O)N[C@H](C(=O)N1CCC[C@H]1CCN(CCc1ccccc1)C(=O)CNC(C)=O)C(C)(C)C. The van der Waals surface area contributed by atoms with Crippen molar-refractivity contribution in [2.24, 2.45) is 5.41 Å². The highest BCUT2D eigenvalue weighted by molar-refractivity contribution is 5.90. The first-order valence-corrected chi connectivity index (χ1v) is 13.3. The van der Waals surface area contributed by atoms with Crippen molar-refractivity contribution in [3.63, 3.8) is 0 Å². The molecule has 0 spiro atoms. The molecule has 3 atom stereocenters. The van der Waals surface area contributed by atoms with Crippen LogP contribution in [0, 0.1) is 5.41 Å². The number of likely N-dealkylation sites (tertiary alicyclic amines) is 1. The Hall–Kier alpha value is -2.94. The smallest absolute Gasteiger partial charge is 0.245 e. The Bertz CT molecular complexity index is 915. The monoisotopic (exact) mass is 515 g/mol. The molecule has 37 heavy (non-hydrogen) atoms. The normalized spacial score (nSPS) is 17.1. The van der Waals surface area contributed by atoms with E-state index in [1.165, 1.54) is 6.92 Å². The molecule has 0 aromatic heterocycles. The number of hydrogen-bond donors (Lipinski definition) is 3. The van der Waals surface area contributed by atoms with Gasteiger partial charge in [0.15, 0.2) is 0 Å². The quantitative estimate of drug-likeness (QED) is 0.393. The third kappa shape index (κ3) is 9.46. The molecule has 206 valence electrons. The Labute approximate surface area is 221 Å². The fraction of sp³-hybridized carbons (Fsp3) is 0.643. The minimum absolute atomic E-state index is 0.0104. The topological polar surface area (TPSA) is 111 Å². The van der Waals surface area contributed by atoms with E-state index >= 15 is 0 Å². The highest BCUT2D eigenvalue weighted by atomic mass is 16.2. The predicted molar refractivity (Wildman–Crippen MR) is 145 cm³/mol. The van der Waals surface area contributed by atoms with Gasteiger partial charge < -0.3 is 25.8 Å². The minimum atomic E-state index is -0.646. The molecule has 9 nitrogen and oxygen atoms in total. The van der Waals surface area contributed by atoms with E-state index in [2.05, 4.69) is 16.0 Å². The van der Waals surface area contributed by atoms with Gasteiger partial charge in [-0.1, -0.05) is 51.1 Å². The second-order valence-corrected chi connectivity index (χ2v) is 11.0. The van der Waals surface area contributed by atoms with Gasteiger partial charge in [-0.2, -0.15) is 0 Å². The molecular formula is C28H45N5O4. The zero-order chi connectivity index (χ0) is 27.6. The number of carbonyl (C=O) groups excluding carboxylic acids is 4. The molecule has 1 aliphatic heterocycles. The standard InChI is InChI=1S/C28H45N5O4/c1-20(29-6)26(36)31-25(28(3,4)5)27(37)33-16-10-13-23(33)15-18-32(24(35)19-30-21(2)34)17-14-22-11-8-7-9-12-22/h7-9,11-12,20,23,25,29H,10,13-19H2,1-6H3,(H,30,34)(H,31,36)/t20-,23-,25+/m0/s1. The highest BCUT2D eigenvalue weighted by Crippen LogP contribution is 2.27. The molecule has 4 amide bonds. The van der Waals surface area contributed by atoms with E-state index in [0.717, 1.165) is 18.4 Å². The summed E-state index contributed by atoms with van der Waals surface area (Å²) < 4.78 is 0. The van der Waals surface area contributed by atoms with Gasteiger partial charge in [-0.25, -0.2) is 0 Å². The molecule has 1 aliphatic rings. The molecule has 0 bridgehead atoms. The lowest BCUT2D eigenvalue weighted by Crippen LogP contribution is -2.58. The van der Waals surface area contributed by atoms with E-state index in [0.29, 0.717) is 32.5 Å². The van der Waals surface area contributed by atoms with Crippen LogP contribution in [0.4, 0.5) is 0 Å². The first-order chi connectivity index (χ1) is 17.4. The van der Waals surface area contributed by atoms with Gasteiger partial charge in [0.2, 0.25) is 23.6 Å². The van der Waals surface area contributed by atoms with E-state index in [4.69, 9.17) is 0 Å². The van der Waals surface area contributed by atoms with Crippen LogP contribution in [0.2, 0.25) is 0 Å². The van der Waals surface area contributed by atoms with Gasteiger partial charge in [0, 0.05) is 32.6 Å². The Kier molecular flexibility index (Phi) is 11.6. The van der Waals surface area contributed by atoms with E-state index in [1.54, 1.807) is 18.9 Å². The number of rotatable bonds is 12. The summed E-state index contributed by atoms with van der Waals surface area (Å²) in [5.41, 5.74) is 0.681. The Morgan fingerprint density at radius 2 is 1.78 bits per heavy atom. The molecule has 1 aromatic carbocycles. The Morgan fingerprint density at radius 3 is 2.38 bits per heavy atom. The van der Waals surface area contributed by atoms with Crippen LogP contribution >= 0.6 is 0 Å². The summed E-state index contributed by atoms with van der Waals surface area (Å²) in [5.74, 6) is -0.663. The Balaban J connectivity index is 2.10. The zero-order valence-electron chi connectivity index (χ0n) is 23.3. The lowest BCUT2D eigenvalue weighted by atomic mass is 9.85. The van der Waals surface area contributed by atoms with Crippen molar-refractivity contribution in [3.05, 3.63) is 35.9 Å². The molecule has 3 N–H and O–H groups in total. The number of likely N-dealkylation sites (N-methyl/N-ethyl adjacent to an activating group) is 1. The number of carbonyl (C=O) groups is 4.